The van der Waals surface area contributed by atoms with Gasteiger partial charge in [0, 0.05) is 23.3 Å². The summed E-state index contributed by atoms with van der Waals surface area (Å²) in [5.74, 6) is 0.0583. The van der Waals surface area contributed by atoms with Crippen LogP contribution in [0.4, 0.5) is 19.0 Å². The standard InChI is InChI=1S/C22H15BrF3N3O/c1-28(20-7-2-3-10-27-20)29-19(12-14-5-4-6-16(23)11-14)18-13-15(22(24,25)26)8-9-17(18)21(29)30/h2-13H,1H3/b19-12-. The van der Waals surface area contributed by atoms with Crippen molar-refractivity contribution in [2.45, 2.75) is 6.18 Å². The van der Waals surface area contributed by atoms with E-state index < -0.39 is 17.6 Å². The quantitative estimate of drug-likeness (QED) is 0.477. The zero-order valence-electron chi connectivity index (χ0n) is 15.7. The predicted octanol–water partition coefficient (Wildman–Crippen LogP) is 5.87. The number of halogens is 4. The number of pyridine rings is 1. The topological polar surface area (TPSA) is 36.4 Å². The molecule has 0 N–H and O–H groups in total. The molecule has 4 nitrogen and oxygen atoms in total. The van der Waals surface area contributed by atoms with E-state index in [9.17, 15) is 18.0 Å². The van der Waals surface area contributed by atoms with Crippen LogP contribution in [0.1, 0.15) is 27.0 Å². The Balaban J connectivity index is 1.90. The van der Waals surface area contributed by atoms with Gasteiger partial charge in [0.15, 0.2) is 0 Å². The zero-order chi connectivity index (χ0) is 21.5. The van der Waals surface area contributed by atoms with Gasteiger partial charge < -0.3 is 0 Å². The molecule has 2 heterocycles. The van der Waals surface area contributed by atoms with Crippen LogP contribution in [-0.4, -0.2) is 22.9 Å². The van der Waals surface area contributed by atoms with Gasteiger partial charge in [0.2, 0.25) is 0 Å². The molecule has 1 aromatic heterocycles. The lowest BCUT2D eigenvalue weighted by Gasteiger charge is -2.30. The summed E-state index contributed by atoms with van der Waals surface area (Å²) in [4.78, 5) is 17.4. The molecule has 0 radical (unpaired) electrons. The molecule has 0 bridgehead atoms. The number of aromatic nitrogens is 1. The highest BCUT2D eigenvalue weighted by Gasteiger charge is 2.39. The van der Waals surface area contributed by atoms with Crippen LogP contribution in [-0.2, 0) is 6.18 Å². The minimum Gasteiger partial charge on any atom is -0.267 e. The van der Waals surface area contributed by atoms with Crippen molar-refractivity contribution in [3.8, 4) is 0 Å². The van der Waals surface area contributed by atoms with Crippen LogP contribution in [0.5, 0.6) is 0 Å². The predicted molar refractivity (Wildman–Crippen MR) is 112 cm³/mol. The lowest BCUT2D eigenvalue weighted by molar-refractivity contribution is -0.137. The molecule has 2 aromatic carbocycles. The molecule has 3 aromatic rings. The number of anilines is 1. The fraction of sp³-hybridized carbons (Fsp3) is 0.0909. The second kappa shape index (κ2) is 7.60. The Labute approximate surface area is 179 Å². The fourth-order valence-corrected chi connectivity index (χ4v) is 3.71. The fourth-order valence-electron chi connectivity index (χ4n) is 3.30. The first-order chi connectivity index (χ1) is 14.3. The van der Waals surface area contributed by atoms with Crippen molar-refractivity contribution in [1.82, 2.24) is 9.99 Å². The van der Waals surface area contributed by atoms with Crippen molar-refractivity contribution in [2.75, 3.05) is 12.1 Å². The first-order valence-corrected chi connectivity index (χ1v) is 9.73. The number of hydrogen-bond donors (Lipinski definition) is 0. The molecular formula is C22H15BrF3N3O. The molecule has 0 unspecified atom stereocenters. The summed E-state index contributed by atoms with van der Waals surface area (Å²) in [5, 5.41) is 2.87. The molecule has 0 fully saturated rings. The van der Waals surface area contributed by atoms with Gasteiger partial charge in [-0.05, 0) is 54.1 Å². The Morgan fingerprint density at radius 1 is 1.03 bits per heavy atom. The van der Waals surface area contributed by atoms with Crippen LogP contribution in [0.15, 0.2) is 71.3 Å². The van der Waals surface area contributed by atoms with Gasteiger partial charge in [0.05, 0.1) is 16.8 Å². The summed E-state index contributed by atoms with van der Waals surface area (Å²) in [5.41, 5.74) is 0.686. The van der Waals surface area contributed by atoms with Gasteiger partial charge in [-0.3, -0.25) is 9.80 Å². The lowest BCUT2D eigenvalue weighted by atomic mass is 10.0. The summed E-state index contributed by atoms with van der Waals surface area (Å²) < 4.78 is 40.8. The Morgan fingerprint density at radius 2 is 1.83 bits per heavy atom. The summed E-state index contributed by atoms with van der Waals surface area (Å²) in [6, 6.07) is 15.7. The van der Waals surface area contributed by atoms with Gasteiger partial charge in [-0.25, -0.2) is 9.99 Å². The van der Waals surface area contributed by atoms with E-state index in [0.717, 1.165) is 22.2 Å². The largest absolute Gasteiger partial charge is 0.416 e. The molecular weight excluding hydrogens is 459 g/mol. The average Bonchev–Trinajstić information content (AvgIpc) is 2.99. The number of carbonyl (C=O) groups is 1. The molecule has 0 saturated carbocycles. The Hall–Kier alpha value is -3.13. The number of benzene rings is 2. The number of carbonyl (C=O) groups excluding carboxylic acids is 1. The van der Waals surface area contributed by atoms with Crippen molar-refractivity contribution in [2.24, 2.45) is 0 Å². The summed E-state index contributed by atoms with van der Waals surface area (Å²) in [6.07, 6.45) is -1.24. The third-order valence-electron chi connectivity index (χ3n) is 4.71. The number of rotatable bonds is 3. The van der Waals surface area contributed by atoms with E-state index in [2.05, 4.69) is 20.9 Å². The van der Waals surface area contributed by atoms with Gasteiger partial charge in [-0.2, -0.15) is 13.2 Å². The van der Waals surface area contributed by atoms with Crippen LogP contribution >= 0.6 is 15.9 Å². The van der Waals surface area contributed by atoms with E-state index in [-0.39, 0.29) is 11.1 Å². The maximum Gasteiger partial charge on any atom is 0.416 e. The summed E-state index contributed by atoms with van der Waals surface area (Å²) in [6.45, 7) is 0. The van der Waals surface area contributed by atoms with Crippen molar-refractivity contribution in [3.05, 3.63) is 93.6 Å². The van der Waals surface area contributed by atoms with Crippen LogP contribution in [0.2, 0.25) is 0 Å². The molecule has 0 atom stereocenters. The van der Waals surface area contributed by atoms with Crippen LogP contribution in [0.3, 0.4) is 0 Å². The normalized spacial score (nSPS) is 14.9. The number of hydrogen-bond acceptors (Lipinski definition) is 3. The van der Waals surface area contributed by atoms with E-state index in [1.54, 1.807) is 37.5 Å². The van der Waals surface area contributed by atoms with Gasteiger partial charge in [-0.15, -0.1) is 0 Å². The number of nitrogens with zero attached hydrogens (tertiary/aromatic N) is 3. The van der Waals surface area contributed by atoms with E-state index in [1.807, 2.05) is 24.3 Å². The second-order valence-corrected chi connectivity index (χ2v) is 7.59. The number of amides is 1. The highest BCUT2D eigenvalue weighted by molar-refractivity contribution is 9.10. The third kappa shape index (κ3) is 3.70. The Bertz CT molecular complexity index is 1150. The second-order valence-electron chi connectivity index (χ2n) is 6.67. The van der Waals surface area contributed by atoms with Gasteiger partial charge in [-0.1, -0.05) is 34.1 Å². The highest BCUT2D eigenvalue weighted by atomic mass is 79.9. The minimum atomic E-state index is -4.51. The number of hydrazine groups is 1. The van der Waals surface area contributed by atoms with Crippen LogP contribution < -0.4 is 5.01 Å². The van der Waals surface area contributed by atoms with E-state index in [0.29, 0.717) is 11.5 Å². The van der Waals surface area contributed by atoms with Crippen LogP contribution in [0.25, 0.3) is 11.8 Å². The van der Waals surface area contributed by atoms with E-state index in [1.165, 1.54) is 16.1 Å². The molecule has 8 heteroatoms. The Kier molecular flexibility index (Phi) is 5.11. The van der Waals surface area contributed by atoms with Crippen molar-refractivity contribution < 1.29 is 18.0 Å². The molecule has 1 amide bonds. The maximum absolute atomic E-state index is 13.3. The highest BCUT2D eigenvalue weighted by Crippen LogP contribution is 2.40. The zero-order valence-corrected chi connectivity index (χ0v) is 17.3. The minimum absolute atomic E-state index is 0.201. The molecule has 1 aliphatic heterocycles. The average molecular weight is 474 g/mol. The Morgan fingerprint density at radius 3 is 2.50 bits per heavy atom. The summed E-state index contributed by atoms with van der Waals surface area (Å²) in [7, 11) is 1.64. The number of fused-ring (bicyclic) bond motifs is 1. The molecule has 152 valence electrons. The van der Waals surface area contributed by atoms with Gasteiger partial charge in [0.1, 0.15) is 5.82 Å². The number of alkyl halides is 3. The first kappa shape index (κ1) is 20.2. The molecule has 30 heavy (non-hydrogen) atoms. The van der Waals surface area contributed by atoms with Crippen molar-refractivity contribution >= 4 is 39.4 Å². The summed E-state index contributed by atoms with van der Waals surface area (Å²) >= 11 is 3.39. The molecule has 0 saturated heterocycles. The molecule has 4 rings (SSSR count). The van der Waals surface area contributed by atoms with E-state index >= 15 is 0 Å². The lowest BCUT2D eigenvalue weighted by Crippen LogP contribution is -2.39. The first-order valence-electron chi connectivity index (χ1n) is 8.94. The van der Waals surface area contributed by atoms with Crippen molar-refractivity contribution in [1.29, 1.82) is 0 Å². The van der Waals surface area contributed by atoms with Gasteiger partial charge >= 0.3 is 6.18 Å². The smallest absolute Gasteiger partial charge is 0.267 e. The molecule has 0 spiro atoms. The SMILES string of the molecule is CN(c1ccccn1)N1C(=O)c2ccc(C(F)(F)F)cc2/C1=C/c1cccc(Br)c1. The van der Waals surface area contributed by atoms with Crippen LogP contribution in [0, 0.1) is 0 Å². The molecule has 0 aliphatic carbocycles. The third-order valence-corrected chi connectivity index (χ3v) is 5.20. The monoisotopic (exact) mass is 473 g/mol. The van der Waals surface area contributed by atoms with Crippen molar-refractivity contribution in [3.63, 3.8) is 0 Å². The van der Waals surface area contributed by atoms with Gasteiger partial charge in [0.25, 0.3) is 5.91 Å². The molecule has 1 aliphatic rings. The maximum atomic E-state index is 13.3. The van der Waals surface area contributed by atoms with E-state index in [4.69, 9.17) is 0 Å².